The average molecular weight is 382 g/mol. The normalized spacial score (nSPS) is 23.1. The van der Waals surface area contributed by atoms with Crippen LogP contribution in [0.25, 0.3) is 0 Å². The largest absolute Gasteiger partial charge is 0.361 e. The minimum atomic E-state index is 0.00937. The Morgan fingerprint density at radius 3 is 2.64 bits per heavy atom. The number of likely N-dealkylation sites (tertiary alicyclic amines) is 2. The van der Waals surface area contributed by atoms with E-state index >= 15 is 0 Å². The van der Waals surface area contributed by atoms with Crippen molar-refractivity contribution >= 4 is 5.91 Å². The van der Waals surface area contributed by atoms with Gasteiger partial charge in [-0.05, 0) is 49.8 Å². The Bertz CT molecular complexity index is 827. The third kappa shape index (κ3) is 4.00. The van der Waals surface area contributed by atoms with Gasteiger partial charge in [-0.3, -0.25) is 9.69 Å². The van der Waals surface area contributed by atoms with E-state index in [1.165, 1.54) is 24.0 Å². The van der Waals surface area contributed by atoms with Crippen molar-refractivity contribution in [2.24, 2.45) is 5.41 Å². The van der Waals surface area contributed by atoms with Crippen molar-refractivity contribution in [1.82, 2.24) is 15.0 Å². The first-order chi connectivity index (χ1) is 13.4. The summed E-state index contributed by atoms with van der Waals surface area (Å²) in [6.45, 7) is 11.2. The molecule has 0 radical (unpaired) electrons. The van der Waals surface area contributed by atoms with Gasteiger partial charge in [-0.1, -0.05) is 43.3 Å². The van der Waals surface area contributed by atoms with Gasteiger partial charge in [-0.15, -0.1) is 0 Å². The summed E-state index contributed by atoms with van der Waals surface area (Å²) in [5, 5.41) is 3.91. The van der Waals surface area contributed by atoms with Gasteiger partial charge >= 0.3 is 0 Å². The standard InChI is InChI=1S/C23H31N3O2/c1-17(2)20-7-5-19(6-8-20)14-25-11-4-9-23(15-25)10-12-26(16-23)22(27)21-13-18(3)28-24-21/h5-8,13,17H,4,9-12,14-16H2,1-3H3/t23-/m1/s1. The molecule has 2 aromatic rings. The molecule has 2 fully saturated rings. The summed E-state index contributed by atoms with van der Waals surface area (Å²) in [5.41, 5.74) is 3.44. The quantitative estimate of drug-likeness (QED) is 0.795. The molecule has 150 valence electrons. The molecule has 1 amide bonds. The Morgan fingerprint density at radius 2 is 1.96 bits per heavy atom. The first kappa shape index (κ1) is 19.2. The van der Waals surface area contributed by atoms with Gasteiger partial charge < -0.3 is 9.42 Å². The molecule has 2 aliphatic rings. The number of hydrogen-bond donors (Lipinski definition) is 0. The fourth-order valence-corrected chi connectivity index (χ4v) is 4.78. The lowest BCUT2D eigenvalue weighted by Crippen LogP contribution is -2.45. The Labute approximate surface area is 167 Å². The predicted octanol–water partition coefficient (Wildman–Crippen LogP) is 4.23. The molecule has 1 atom stereocenters. The molecule has 5 heteroatoms. The van der Waals surface area contributed by atoms with E-state index in [9.17, 15) is 4.79 Å². The highest BCUT2D eigenvalue weighted by Crippen LogP contribution is 2.39. The van der Waals surface area contributed by atoms with Crippen LogP contribution < -0.4 is 0 Å². The molecule has 1 aromatic carbocycles. The van der Waals surface area contributed by atoms with Crippen LogP contribution in [0.5, 0.6) is 0 Å². The number of benzene rings is 1. The summed E-state index contributed by atoms with van der Waals surface area (Å²) >= 11 is 0. The second kappa shape index (κ2) is 7.70. The molecular formula is C23H31N3O2. The number of aromatic nitrogens is 1. The molecule has 4 rings (SSSR count). The number of rotatable bonds is 4. The van der Waals surface area contributed by atoms with Crippen LogP contribution in [-0.4, -0.2) is 47.0 Å². The van der Waals surface area contributed by atoms with E-state index in [-0.39, 0.29) is 11.3 Å². The Hall–Kier alpha value is -2.14. The first-order valence-electron chi connectivity index (χ1n) is 10.5. The average Bonchev–Trinajstić information content (AvgIpc) is 3.28. The van der Waals surface area contributed by atoms with Gasteiger partial charge in [0.15, 0.2) is 5.69 Å². The number of aryl methyl sites for hydroxylation is 1. The summed E-state index contributed by atoms with van der Waals surface area (Å²) < 4.78 is 5.08. The van der Waals surface area contributed by atoms with Crippen LogP contribution in [0.4, 0.5) is 0 Å². The molecule has 2 saturated heterocycles. The van der Waals surface area contributed by atoms with E-state index in [4.69, 9.17) is 4.52 Å². The van der Waals surface area contributed by atoms with Crippen molar-refractivity contribution < 1.29 is 9.32 Å². The van der Waals surface area contributed by atoms with Crippen LogP contribution >= 0.6 is 0 Å². The SMILES string of the molecule is Cc1cc(C(=O)N2CC[C@@]3(CCCN(Cc4ccc(C(C)C)cc4)C3)C2)no1. The maximum Gasteiger partial charge on any atom is 0.276 e. The van der Waals surface area contributed by atoms with Crippen molar-refractivity contribution in [3.05, 3.63) is 52.9 Å². The number of amides is 1. The smallest absolute Gasteiger partial charge is 0.276 e. The third-order valence-corrected chi connectivity index (χ3v) is 6.37. The number of carbonyl (C=O) groups excluding carboxylic acids is 1. The van der Waals surface area contributed by atoms with Crippen LogP contribution in [-0.2, 0) is 6.54 Å². The van der Waals surface area contributed by atoms with E-state index < -0.39 is 0 Å². The second-order valence-corrected chi connectivity index (χ2v) is 9.01. The number of hydrogen-bond acceptors (Lipinski definition) is 4. The highest BCUT2D eigenvalue weighted by Gasteiger charge is 2.43. The Morgan fingerprint density at radius 1 is 1.18 bits per heavy atom. The van der Waals surface area contributed by atoms with Crippen LogP contribution in [0.1, 0.15) is 66.4 Å². The molecule has 1 spiro atoms. The van der Waals surface area contributed by atoms with Crippen LogP contribution in [0, 0.1) is 12.3 Å². The second-order valence-electron chi connectivity index (χ2n) is 9.01. The van der Waals surface area contributed by atoms with Gasteiger partial charge in [0.05, 0.1) is 0 Å². The highest BCUT2D eigenvalue weighted by atomic mass is 16.5. The zero-order valence-electron chi connectivity index (χ0n) is 17.3. The maximum atomic E-state index is 12.7. The fourth-order valence-electron chi connectivity index (χ4n) is 4.78. The molecule has 0 saturated carbocycles. The first-order valence-corrected chi connectivity index (χ1v) is 10.5. The summed E-state index contributed by atoms with van der Waals surface area (Å²) in [6, 6.07) is 10.8. The molecule has 0 bridgehead atoms. The maximum absolute atomic E-state index is 12.7. The molecule has 28 heavy (non-hydrogen) atoms. The van der Waals surface area contributed by atoms with E-state index in [1.54, 1.807) is 6.07 Å². The monoisotopic (exact) mass is 381 g/mol. The van der Waals surface area contributed by atoms with Gasteiger partial charge in [0, 0.05) is 37.7 Å². The summed E-state index contributed by atoms with van der Waals surface area (Å²) in [7, 11) is 0. The minimum absolute atomic E-state index is 0.00937. The highest BCUT2D eigenvalue weighted by molar-refractivity contribution is 5.92. The summed E-state index contributed by atoms with van der Waals surface area (Å²) in [4.78, 5) is 17.3. The van der Waals surface area contributed by atoms with E-state index in [2.05, 4.69) is 48.2 Å². The molecule has 1 aromatic heterocycles. The Balaban J connectivity index is 1.38. The fraction of sp³-hybridized carbons (Fsp3) is 0.565. The van der Waals surface area contributed by atoms with Gasteiger partial charge in [-0.25, -0.2) is 0 Å². The van der Waals surface area contributed by atoms with E-state index in [1.807, 2.05) is 11.8 Å². The van der Waals surface area contributed by atoms with Crippen molar-refractivity contribution in [3.8, 4) is 0 Å². The van der Waals surface area contributed by atoms with Gasteiger partial charge in [0.1, 0.15) is 5.76 Å². The lowest BCUT2D eigenvalue weighted by molar-refractivity contribution is 0.0667. The van der Waals surface area contributed by atoms with Gasteiger partial charge in [-0.2, -0.15) is 0 Å². The minimum Gasteiger partial charge on any atom is -0.361 e. The molecule has 3 heterocycles. The van der Waals surface area contributed by atoms with Crippen molar-refractivity contribution in [3.63, 3.8) is 0 Å². The van der Waals surface area contributed by atoms with Crippen molar-refractivity contribution in [2.45, 2.75) is 52.5 Å². The van der Waals surface area contributed by atoms with Crippen LogP contribution in [0.3, 0.4) is 0 Å². The predicted molar refractivity (Wildman–Crippen MR) is 109 cm³/mol. The molecule has 0 unspecified atom stereocenters. The molecule has 0 aliphatic carbocycles. The molecule has 0 N–H and O–H groups in total. The lowest BCUT2D eigenvalue weighted by Gasteiger charge is -2.40. The van der Waals surface area contributed by atoms with Crippen LogP contribution in [0.15, 0.2) is 34.9 Å². The third-order valence-electron chi connectivity index (χ3n) is 6.37. The Kier molecular flexibility index (Phi) is 5.28. The number of carbonyl (C=O) groups is 1. The zero-order chi connectivity index (χ0) is 19.7. The van der Waals surface area contributed by atoms with Gasteiger partial charge in [0.25, 0.3) is 5.91 Å². The van der Waals surface area contributed by atoms with Crippen LogP contribution in [0.2, 0.25) is 0 Å². The number of nitrogens with zero attached hydrogens (tertiary/aromatic N) is 3. The molecular weight excluding hydrogens is 350 g/mol. The van der Waals surface area contributed by atoms with Gasteiger partial charge in [0.2, 0.25) is 0 Å². The molecule has 2 aliphatic heterocycles. The topological polar surface area (TPSA) is 49.6 Å². The lowest BCUT2D eigenvalue weighted by atomic mass is 9.79. The zero-order valence-corrected chi connectivity index (χ0v) is 17.3. The summed E-state index contributed by atoms with van der Waals surface area (Å²) in [5.74, 6) is 1.27. The summed E-state index contributed by atoms with van der Waals surface area (Å²) in [6.07, 6.45) is 3.49. The number of piperidine rings is 1. The van der Waals surface area contributed by atoms with E-state index in [0.29, 0.717) is 17.4 Å². The van der Waals surface area contributed by atoms with E-state index in [0.717, 1.165) is 39.1 Å². The van der Waals surface area contributed by atoms with Crippen molar-refractivity contribution in [1.29, 1.82) is 0 Å². The molecule has 5 nitrogen and oxygen atoms in total. The van der Waals surface area contributed by atoms with Crippen molar-refractivity contribution in [2.75, 3.05) is 26.2 Å².